The molecule has 0 bridgehead atoms. The van der Waals surface area contributed by atoms with Gasteiger partial charge in [-0.05, 0) is 61.0 Å². The molecule has 0 spiro atoms. The van der Waals surface area contributed by atoms with Crippen molar-refractivity contribution in [3.05, 3.63) is 104 Å². The molecule has 1 aromatic heterocycles. The van der Waals surface area contributed by atoms with Crippen LogP contribution in [0.25, 0.3) is 0 Å². The van der Waals surface area contributed by atoms with Crippen molar-refractivity contribution in [2.75, 3.05) is 10.2 Å². The van der Waals surface area contributed by atoms with E-state index >= 15 is 0 Å². The third-order valence-corrected chi connectivity index (χ3v) is 10.9. The van der Waals surface area contributed by atoms with Gasteiger partial charge < -0.3 is 5.32 Å². The fourth-order valence-corrected chi connectivity index (χ4v) is 8.59. The number of sulfonamides is 1. The number of hydrogen-bond donors (Lipinski definition) is 2. The van der Waals surface area contributed by atoms with Crippen molar-refractivity contribution in [1.29, 1.82) is 0 Å². The van der Waals surface area contributed by atoms with Gasteiger partial charge in [-0.25, -0.2) is 22.8 Å². The molecule has 10 nitrogen and oxygen atoms in total. The minimum absolute atomic E-state index is 0.123. The zero-order valence-electron chi connectivity index (χ0n) is 22.4. The number of nitrogens with two attached hydrogens (primary N) is 1. The Labute approximate surface area is 253 Å². The zero-order chi connectivity index (χ0) is 30.6. The number of thiazole rings is 1. The fraction of sp³-hybridized carbons (Fsp3) is 0.172. The standard InChI is InChI=1S/C29H23FN4O6S3/c1-15-2-10-19(11-3-15)34-26(36)23-22(16-4-6-17(30)7-5-16)25-28(41-24(23)27(34)37)33(29(38)42-25)14-21(35)32-18-8-12-20(13-9-18)43(31,39)40/h2-13,22-24H,14H2,1H3,(H,32,35)(H2,31,39,40)/t22-,23?,24?/m1/s1. The average molecular weight is 639 g/mol. The number of rotatable bonds is 6. The average Bonchev–Trinajstić information content (AvgIpc) is 3.40. The molecule has 220 valence electrons. The van der Waals surface area contributed by atoms with E-state index < -0.39 is 62.1 Å². The lowest BCUT2D eigenvalue weighted by atomic mass is 9.83. The molecular weight excluding hydrogens is 616 g/mol. The number of imide groups is 1. The van der Waals surface area contributed by atoms with Gasteiger partial charge in [0.25, 0.3) is 0 Å². The first-order valence-corrected chi connectivity index (χ1v) is 16.2. The molecule has 3 aromatic carbocycles. The first-order chi connectivity index (χ1) is 20.4. The van der Waals surface area contributed by atoms with Gasteiger partial charge in [0.2, 0.25) is 27.7 Å². The van der Waals surface area contributed by atoms with Crippen LogP contribution in [0, 0.1) is 18.7 Å². The molecule has 2 unspecified atom stereocenters. The predicted octanol–water partition coefficient (Wildman–Crippen LogP) is 3.44. The van der Waals surface area contributed by atoms with Crippen LogP contribution in [0.2, 0.25) is 0 Å². The molecule has 2 aliphatic heterocycles. The quantitative estimate of drug-likeness (QED) is 0.308. The molecule has 0 aliphatic carbocycles. The van der Waals surface area contributed by atoms with Crippen molar-refractivity contribution in [3.8, 4) is 0 Å². The summed E-state index contributed by atoms with van der Waals surface area (Å²) in [5.41, 5.74) is 2.25. The molecule has 43 heavy (non-hydrogen) atoms. The molecule has 3 N–H and O–H groups in total. The van der Waals surface area contributed by atoms with Crippen molar-refractivity contribution in [1.82, 2.24) is 4.57 Å². The molecule has 4 aromatic rings. The predicted molar refractivity (Wildman–Crippen MR) is 160 cm³/mol. The van der Waals surface area contributed by atoms with E-state index in [2.05, 4.69) is 5.32 Å². The van der Waals surface area contributed by atoms with E-state index in [1.165, 1.54) is 53.1 Å². The molecule has 0 radical (unpaired) electrons. The van der Waals surface area contributed by atoms with Crippen LogP contribution in [0.4, 0.5) is 15.8 Å². The molecule has 2 aliphatic rings. The number of nitrogens with zero attached hydrogens (tertiary/aromatic N) is 2. The van der Waals surface area contributed by atoms with Gasteiger partial charge >= 0.3 is 4.87 Å². The number of halogens is 1. The summed E-state index contributed by atoms with van der Waals surface area (Å²) in [7, 11) is -3.91. The number of thioether (sulfide) groups is 1. The van der Waals surface area contributed by atoms with Crippen molar-refractivity contribution < 1.29 is 27.2 Å². The van der Waals surface area contributed by atoms with Gasteiger partial charge in [0, 0.05) is 16.5 Å². The highest BCUT2D eigenvalue weighted by Crippen LogP contribution is 2.53. The molecule has 1 saturated heterocycles. The van der Waals surface area contributed by atoms with Crippen LogP contribution in [0.15, 0.2) is 87.5 Å². The monoisotopic (exact) mass is 638 g/mol. The molecule has 0 saturated carbocycles. The number of benzene rings is 3. The summed E-state index contributed by atoms with van der Waals surface area (Å²) in [5, 5.41) is 7.25. The minimum atomic E-state index is -3.91. The highest BCUT2D eigenvalue weighted by Gasteiger charge is 2.56. The molecule has 3 heterocycles. The second-order valence-corrected chi connectivity index (χ2v) is 13.9. The number of hydrogen-bond acceptors (Lipinski definition) is 8. The Hall–Kier alpha value is -4.11. The smallest absolute Gasteiger partial charge is 0.308 e. The number of aromatic nitrogens is 1. The molecule has 3 atom stereocenters. The summed E-state index contributed by atoms with van der Waals surface area (Å²) in [6, 6.07) is 17.8. The minimum Gasteiger partial charge on any atom is -0.325 e. The van der Waals surface area contributed by atoms with Crippen LogP contribution in [-0.2, 0) is 31.0 Å². The number of fused-ring (bicyclic) bond motifs is 2. The SMILES string of the molecule is Cc1ccc(N2C(=O)C3Sc4c(sc(=O)n4CC(=O)Nc4ccc(S(N)(=O)=O)cc4)[C@H](c4ccc(F)cc4)C3C2=O)cc1. The van der Waals surface area contributed by atoms with Crippen LogP contribution in [-0.4, -0.2) is 36.0 Å². The lowest BCUT2D eigenvalue weighted by Gasteiger charge is -2.30. The summed E-state index contributed by atoms with van der Waals surface area (Å²) < 4.78 is 38.2. The van der Waals surface area contributed by atoms with Crippen LogP contribution in [0.1, 0.15) is 21.9 Å². The first kappa shape index (κ1) is 29.0. The van der Waals surface area contributed by atoms with Crippen molar-refractivity contribution in [2.24, 2.45) is 11.1 Å². The van der Waals surface area contributed by atoms with Crippen molar-refractivity contribution >= 4 is 62.2 Å². The van der Waals surface area contributed by atoms with E-state index in [-0.39, 0.29) is 10.6 Å². The van der Waals surface area contributed by atoms with Crippen LogP contribution < -0.4 is 20.2 Å². The lowest BCUT2D eigenvalue weighted by Crippen LogP contribution is -2.33. The highest BCUT2D eigenvalue weighted by molar-refractivity contribution is 8.00. The second kappa shape index (κ2) is 10.9. The largest absolute Gasteiger partial charge is 0.325 e. The Kier molecular flexibility index (Phi) is 7.32. The maximum absolute atomic E-state index is 13.9. The Morgan fingerprint density at radius 1 is 0.953 bits per heavy atom. The Morgan fingerprint density at radius 2 is 1.60 bits per heavy atom. The van der Waals surface area contributed by atoms with Gasteiger partial charge in [0.1, 0.15) is 17.6 Å². The van der Waals surface area contributed by atoms with Crippen molar-refractivity contribution in [3.63, 3.8) is 0 Å². The summed E-state index contributed by atoms with van der Waals surface area (Å²) in [5.74, 6) is -3.47. The number of nitrogens with one attached hydrogen (secondary N) is 1. The van der Waals surface area contributed by atoms with Gasteiger partial charge in [0.05, 0.1) is 21.5 Å². The zero-order valence-corrected chi connectivity index (χ0v) is 24.8. The molecule has 3 amide bonds. The lowest BCUT2D eigenvalue weighted by molar-refractivity contribution is -0.122. The summed E-state index contributed by atoms with van der Waals surface area (Å²) in [6.07, 6.45) is 0. The number of carbonyl (C=O) groups excluding carboxylic acids is 3. The maximum Gasteiger partial charge on any atom is 0.308 e. The fourth-order valence-electron chi connectivity index (χ4n) is 5.30. The molecular formula is C29H23FN4O6S3. The van der Waals surface area contributed by atoms with Gasteiger partial charge in [-0.1, -0.05) is 52.9 Å². The summed E-state index contributed by atoms with van der Waals surface area (Å²) >= 11 is 1.95. The van der Waals surface area contributed by atoms with Gasteiger partial charge in [-0.2, -0.15) is 0 Å². The third-order valence-electron chi connectivity index (χ3n) is 7.34. The van der Waals surface area contributed by atoms with Crippen LogP contribution in [0.3, 0.4) is 0 Å². The van der Waals surface area contributed by atoms with Gasteiger partial charge in [-0.15, -0.1) is 0 Å². The van der Waals surface area contributed by atoms with E-state index in [9.17, 15) is 32.0 Å². The number of amides is 3. The second-order valence-electron chi connectivity index (χ2n) is 10.2. The normalized spacial score (nSPS) is 19.7. The first-order valence-electron chi connectivity index (χ1n) is 12.9. The Balaban J connectivity index is 1.36. The van der Waals surface area contributed by atoms with E-state index in [4.69, 9.17) is 5.14 Å². The third kappa shape index (κ3) is 5.31. The van der Waals surface area contributed by atoms with E-state index in [1.54, 1.807) is 24.3 Å². The molecule has 1 fully saturated rings. The van der Waals surface area contributed by atoms with Crippen LogP contribution >= 0.6 is 23.1 Å². The number of aryl methyl sites for hydroxylation is 1. The summed E-state index contributed by atoms with van der Waals surface area (Å²) in [6.45, 7) is 1.50. The summed E-state index contributed by atoms with van der Waals surface area (Å²) in [4.78, 5) is 55.0. The van der Waals surface area contributed by atoms with E-state index in [0.29, 0.717) is 21.2 Å². The van der Waals surface area contributed by atoms with Crippen molar-refractivity contribution in [2.45, 2.75) is 34.6 Å². The van der Waals surface area contributed by atoms with E-state index in [0.717, 1.165) is 33.6 Å². The maximum atomic E-state index is 13.9. The van der Waals surface area contributed by atoms with Crippen LogP contribution in [0.5, 0.6) is 0 Å². The van der Waals surface area contributed by atoms with E-state index in [1.807, 2.05) is 6.92 Å². The number of carbonyl (C=O) groups is 3. The Morgan fingerprint density at radius 3 is 2.23 bits per heavy atom. The van der Waals surface area contributed by atoms with Gasteiger partial charge in [0.15, 0.2) is 0 Å². The number of anilines is 2. The topological polar surface area (TPSA) is 149 Å². The van der Waals surface area contributed by atoms with Gasteiger partial charge in [-0.3, -0.25) is 23.7 Å². The highest BCUT2D eigenvalue weighted by atomic mass is 32.2. The molecule has 14 heteroatoms. The Bertz CT molecular complexity index is 1940. The number of primary sulfonamides is 1. The molecule has 6 rings (SSSR count).